The van der Waals surface area contributed by atoms with Gasteiger partial charge in [-0.1, -0.05) is 76.5 Å². The molecule has 6 saturated carbocycles. The summed E-state index contributed by atoms with van der Waals surface area (Å²) in [5.74, 6) is 3.70. The van der Waals surface area contributed by atoms with Crippen molar-refractivity contribution in [3.8, 4) is 0 Å². The zero-order valence-corrected chi connectivity index (χ0v) is 28.3. The number of ketones is 1. The summed E-state index contributed by atoms with van der Waals surface area (Å²) >= 11 is 3.71. The van der Waals surface area contributed by atoms with Crippen LogP contribution in [0, 0.1) is 61.6 Å². The second kappa shape index (κ2) is 8.13. The molecule has 41 heavy (non-hydrogen) atoms. The van der Waals surface area contributed by atoms with Crippen molar-refractivity contribution in [3.63, 3.8) is 0 Å². The number of fused-ring (bicyclic) bond motifs is 5. The van der Waals surface area contributed by atoms with E-state index in [1.807, 2.05) is 0 Å². The van der Waals surface area contributed by atoms with Crippen LogP contribution in [0.4, 0.5) is 0 Å². The Morgan fingerprint density at radius 2 is 1.61 bits per heavy atom. The van der Waals surface area contributed by atoms with E-state index in [1.165, 1.54) is 56.9 Å². The van der Waals surface area contributed by atoms with Crippen LogP contribution in [0.2, 0.25) is 0 Å². The Bertz CT molecular complexity index is 1310. The maximum Gasteiger partial charge on any atom is 0.145 e. The number of benzene rings is 1. The van der Waals surface area contributed by atoms with E-state index in [4.69, 9.17) is 4.74 Å². The molecule has 0 aromatic heterocycles. The molecule has 1 spiro atoms. The second-order valence-electron chi connectivity index (χ2n) is 18.5. The number of halogens is 1. The summed E-state index contributed by atoms with van der Waals surface area (Å²) in [6.07, 6.45) is 13.3. The number of rotatable bonds is 1. The minimum absolute atomic E-state index is 0.164. The van der Waals surface area contributed by atoms with Crippen LogP contribution in [0.1, 0.15) is 124 Å². The van der Waals surface area contributed by atoms with Gasteiger partial charge in [0, 0.05) is 15.3 Å². The predicted molar refractivity (Wildman–Crippen MR) is 169 cm³/mol. The van der Waals surface area contributed by atoms with Crippen LogP contribution >= 0.6 is 15.9 Å². The Morgan fingerprint density at radius 3 is 2.37 bits per heavy atom. The summed E-state index contributed by atoms with van der Waals surface area (Å²) < 4.78 is 7.93. The smallest absolute Gasteiger partial charge is 0.145 e. The molecule has 6 aliphatic carbocycles. The molecule has 1 aromatic carbocycles. The third-order valence-corrected chi connectivity index (χ3v) is 16.8. The van der Waals surface area contributed by atoms with Gasteiger partial charge in [0.2, 0.25) is 0 Å². The number of Topliss-reactive ketones (excluding diaryl/α,β-unsaturated/α-hetero) is 1. The first-order valence-corrected chi connectivity index (χ1v) is 17.9. The van der Waals surface area contributed by atoms with Crippen LogP contribution in [0.5, 0.6) is 0 Å². The largest absolute Gasteiger partial charge is 0.377 e. The van der Waals surface area contributed by atoms with Gasteiger partial charge in [0.05, 0.1) is 12.7 Å². The molecule has 11 atom stereocenters. The van der Waals surface area contributed by atoms with Gasteiger partial charge in [0.25, 0.3) is 0 Å². The second-order valence-corrected chi connectivity index (χ2v) is 19.4. The molecule has 0 radical (unpaired) electrons. The molecule has 1 heterocycles. The lowest BCUT2D eigenvalue weighted by Crippen LogP contribution is -2.68. The van der Waals surface area contributed by atoms with Gasteiger partial charge in [-0.25, -0.2) is 0 Å². The summed E-state index contributed by atoms with van der Waals surface area (Å²) in [7, 11) is 0. The van der Waals surface area contributed by atoms with Crippen molar-refractivity contribution in [2.24, 2.45) is 61.6 Å². The lowest BCUT2D eigenvalue weighted by atomic mass is 9.31. The quantitative estimate of drug-likeness (QED) is 0.312. The Kier molecular flexibility index (Phi) is 5.52. The van der Waals surface area contributed by atoms with Gasteiger partial charge in [0.1, 0.15) is 5.78 Å². The van der Waals surface area contributed by atoms with Crippen molar-refractivity contribution in [1.82, 2.24) is 0 Å². The van der Waals surface area contributed by atoms with Crippen LogP contribution < -0.4 is 0 Å². The predicted octanol–water partition coefficient (Wildman–Crippen LogP) is 9.99. The molecule has 3 heteroatoms. The first kappa shape index (κ1) is 27.8. The van der Waals surface area contributed by atoms with Gasteiger partial charge in [-0.15, -0.1) is 0 Å². The van der Waals surface area contributed by atoms with Crippen LogP contribution in [0.3, 0.4) is 0 Å². The van der Waals surface area contributed by atoms with Crippen molar-refractivity contribution < 1.29 is 9.53 Å². The molecule has 0 amide bonds. The van der Waals surface area contributed by atoms with Gasteiger partial charge in [0.15, 0.2) is 0 Å². The van der Waals surface area contributed by atoms with Crippen LogP contribution in [-0.4, -0.2) is 18.5 Å². The average Bonchev–Trinajstić information content (AvgIpc) is 3.51. The summed E-state index contributed by atoms with van der Waals surface area (Å²) in [6.45, 7) is 18.9. The molecule has 7 fully saturated rings. The molecule has 1 saturated heterocycles. The highest BCUT2D eigenvalue weighted by Gasteiger charge is 2.77. The van der Waals surface area contributed by atoms with Crippen LogP contribution in [-0.2, 0) is 9.53 Å². The first-order valence-electron chi connectivity index (χ1n) is 17.1. The van der Waals surface area contributed by atoms with Gasteiger partial charge in [-0.3, -0.25) is 4.79 Å². The Labute approximate surface area is 257 Å². The minimum atomic E-state index is -0.246. The number of ether oxygens (including phenoxy) is 1. The summed E-state index contributed by atoms with van der Waals surface area (Å²) in [5, 5.41) is 0. The van der Waals surface area contributed by atoms with Crippen molar-refractivity contribution in [2.45, 2.75) is 125 Å². The highest BCUT2D eigenvalue weighted by atomic mass is 79.9. The van der Waals surface area contributed by atoms with Gasteiger partial charge in [-0.2, -0.15) is 0 Å². The Hall–Kier alpha value is -0.670. The van der Waals surface area contributed by atoms with E-state index in [1.54, 1.807) is 0 Å². The minimum Gasteiger partial charge on any atom is -0.377 e. The maximum atomic E-state index is 14.5. The molecular formula is C38H53BrO2. The van der Waals surface area contributed by atoms with Crippen molar-refractivity contribution >= 4 is 21.7 Å². The van der Waals surface area contributed by atoms with E-state index in [0.29, 0.717) is 51.3 Å². The lowest BCUT2D eigenvalue weighted by Gasteiger charge is -2.73. The van der Waals surface area contributed by atoms with Crippen LogP contribution in [0.25, 0.3) is 0 Å². The third kappa shape index (κ3) is 3.23. The normalized spacial score (nSPS) is 54.1. The van der Waals surface area contributed by atoms with E-state index in [-0.39, 0.29) is 16.2 Å². The zero-order valence-electron chi connectivity index (χ0n) is 26.7. The standard InChI is InChI=1S/C38H53BrO2/c1-32(2)15-17-37-18-16-35(6)25(29(37)30(32)41-22-37)11-12-28-34(5)21-38(20-26(38)23-9-8-10-24(39)19-23)31(40)33(3,4)27(34)13-14-36(28,35)7/h8-10,19,25-30H,11-18,20-22H2,1-7H3/t25?,26-,27?,28?,29?,30-,34+,35-,36-,37-,38-/m0/s1. The van der Waals surface area contributed by atoms with Crippen molar-refractivity contribution in [1.29, 1.82) is 0 Å². The highest BCUT2D eigenvalue weighted by molar-refractivity contribution is 9.10. The van der Waals surface area contributed by atoms with E-state index in [2.05, 4.69) is 88.7 Å². The molecule has 7 aliphatic rings. The van der Waals surface area contributed by atoms with E-state index < -0.39 is 0 Å². The maximum absolute atomic E-state index is 14.5. The summed E-state index contributed by atoms with van der Waals surface area (Å²) in [4.78, 5) is 14.5. The molecule has 2 bridgehead atoms. The lowest BCUT2D eigenvalue weighted by molar-refractivity contribution is -0.244. The molecule has 4 unspecified atom stereocenters. The number of hydrogen-bond donors (Lipinski definition) is 0. The fourth-order valence-corrected chi connectivity index (χ4v) is 14.7. The molecular weight excluding hydrogens is 568 g/mol. The van der Waals surface area contributed by atoms with E-state index in [0.717, 1.165) is 35.8 Å². The fourth-order valence-electron chi connectivity index (χ4n) is 14.2. The third-order valence-electron chi connectivity index (χ3n) is 16.3. The molecule has 224 valence electrons. The van der Waals surface area contributed by atoms with Crippen molar-refractivity contribution in [2.75, 3.05) is 6.61 Å². The zero-order chi connectivity index (χ0) is 29.0. The SMILES string of the molecule is CC1(C)C(=O)[C@@]2(C[C@H]2c2cccc(Br)c2)C[C@]2(C)C1CC[C@@]1(C)C2CCC2C3[C@@H]4OC[C@]3(CCC4(C)C)CC[C@@]21C. The van der Waals surface area contributed by atoms with Gasteiger partial charge in [-0.05, 0) is 139 Å². The first-order chi connectivity index (χ1) is 19.1. The summed E-state index contributed by atoms with van der Waals surface area (Å²) in [6, 6.07) is 8.84. The summed E-state index contributed by atoms with van der Waals surface area (Å²) in [5.41, 5.74) is 2.63. The molecule has 2 nitrogen and oxygen atoms in total. The molecule has 0 N–H and O–H groups in total. The van der Waals surface area contributed by atoms with Gasteiger partial charge < -0.3 is 4.74 Å². The molecule has 1 aliphatic heterocycles. The Morgan fingerprint density at radius 1 is 0.854 bits per heavy atom. The number of hydrogen-bond acceptors (Lipinski definition) is 2. The molecule has 8 rings (SSSR count). The molecule has 1 aromatic rings. The number of carbonyl (C=O) groups is 1. The van der Waals surface area contributed by atoms with E-state index >= 15 is 0 Å². The topological polar surface area (TPSA) is 26.3 Å². The van der Waals surface area contributed by atoms with Crippen molar-refractivity contribution in [3.05, 3.63) is 34.3 Å². The highest BCUT2D eigenvalue weighted by Crippen LogP contribution is 2.81. The van der Waals surface area contributed by atoms with E-state index in [9.17, 15) is 4.79 Å². The number of carbonyl (C=O) groups excluding carboxylic acids is 1. The monoisotopic (exact) mass is 620 g/mol. The Balaban J connectivity index is 1.18. The van der Waals surface area contributed by atoms with Crippen LogP contribution in [0.15, 0.2) is 28.7 Å². The van der Waals surface area contributed by atoms with Gasteiger partial charge >= 0.3 is 0 Å². The average molecular weight is 622 g/mol. The fraction of sp³-hybridized carbons (Fsp3) is 0.816.